The Morgan fingerprint density at radius 3 is 2.50 bits per heavy atom. The molecule has 1 aliphatic heterocycles. The number of nitrogens with zero attached hydrogens (tertiary/aromatic N) is 3. The minimum absolute atomic E-state index is 0.0554. The quantitative estimate of drug-likeness (QED) is 0.843. The lowest BCUT2D eigenvalue weighted by molar-refractivity contribution is -0.116. The molecular formula is C17H22N4O4S. The monoisotopic (exact) mass is 378 g/mol. The Kier molecular flexibility index (Phi) is 5.40. The third-order valence-corrected chi connectivity index (χ3v) is 6.39. The Hall–Kier alpha value is -2.23. The molecule has 140 valence electrons. The first-order valence-corrected chi connectivity index (χ1v) is 9.80. The van der Waals surface area contributed by atoms with Crippen molar-refractivity contribution in [2.24, 2.45) is 0 Å². The number of carbonyl (C=O) groups excluding carboxylic acids is 1. The highest BCUT2D eigenvalue weighted by atomic mass is 32.2. The van der Waals surface area contributed by atoms with Crippen molar-refractivity contribution in [3.63, 3.8) is 0 Å². The van der Waals surface area contributed by atoms with Crippen molar-refractivity contribution in [3.8, 4) is 0 Å². The summed E-state index contributed by atoms with van der Waals surface area (Å²) in [6, 6.07) is 9.08. The molecule has 9 heteroatoms. The van der Waals surface area contributed by atoms with Crippen LogP contribution in [-0.4, -0.2) is 54.7 Å². The number of ether oxygens (including phenoxy) is 1. The average molecular weight is 378 g/mol. The predicted octanol–water partition coefficient (Wildman–Crippen LogP) is 1.16. The zero-order valence-corrected chi connectivity index (χ0v) is 15.6. The van der Waals surface area contributed by atoms with Crippen LogP contribution in [0.15, 0.2) is 35.2 Å². The van der Waals surface area contributed by atoms with Gasteiger partial charge in [0.25, 0.3) is 0 Å². The van der Waals surface area contributed by atoms with Gasteiger partial charge in [0.2, 0.25) is 15.9 Å². The van der Waals surface area contributed by atoms with E-state index in [0.29, 0.717) is 43.4 Å². The standard InChI is InChI=1S/C17H22N4O4S/c1-13-17(26(23,24)20-8-10-25-11-9-20)14(2)21(19-13)12-16(22)18-15-6-4-3-5-7-15/h3-7H,8-12H2,1-2H3,(H,18,22). The van der Waals surface area contributed by atoms with Crippen LogP contribution >= 0.6 is 0 Å². The van der Waals surface area contributed by atoms with Gasteiger partial charge in [0.1, 0.15) is 11.4 Å². The van der Waals surface area contributed by atoms with Gasteiger partial charge in [0.15, 0.2) is 0 Å². The van der Waals surface area contributed by atoms with E-state index in [-0.39, 0.29) is 17.3 Å². The Balaban J connectivity index is 1.80. The zero-order valence-electron chi connectivity index (χ0n) is 14.8. The summed E-state index contributed by atoms with van der Waals surface area (Å²) in [6.45, 7) is 4.66. The topological polar surface area (TPSA) is 93.5 Å². The zero-order chi connectivity index (χ0) is 18.7. The minimum atomic E-state index is -3.66. The number of para-hydroxylation sites is 1. The van der Waals surface area contributed by atoms with Crippen LogP contribution in [0, 0.1) is 13.8 Å². The average Bonchev–Trinajstić information content (AvgIpc) is 2.90. The fourth-order valence-electron chi connectivity index (χ4n) is 2.98. The molecule has 1 amide bonds. The summed E-state index contributed by atoms with van der Waals surface area (Å²) in [7, 11) is -3.66. The molecule has 2 heterocycles. The maximum Gasteiger partial charge on any atom is 0.246 e. The number of hydrogen-bond acceptors (Lipinski definition) is 5. The third kappa shape index (κ3) is 3.79. The number of amides is 1. The molecule has 3 rings (SSSR count). The molecule has 0 radical (unpaired) electrons. The van der Waals surface area contributed by atoms with E-state index in [1.165, 1.54) is 8.99 Å². The number of hydrogen-bond donors (Lipinski definition) is 1. The summed E-state index contributed by atoms with van der Waals surface area (Å²) < 4.78 is 33.9. The highest BCUT2D eigenvalue weighted by molar-refractivity contribution is 7.89. The summed E-state index contributed by atoms with van der Waals surface area (Å²) in [5.74, 6) is -0.267. The van der Waals surface area contributed by atoms with Crippen LogP contribution in [0.3, 0.4) is 0 Å². The Labute approximate surface area is 152 Å². The van der Waals surface area contributed by atoms with E-state index in [2.05, 4.69) is 10.4 Å². The molecular weight excluding hydrogens is 356 g/mol. The molecule has 1 aromatic carbocycles. The predicted molar refractivity (Wildman–Crippen MR) is 96.4 cm³/mol. The molecule has 0 bridgehead atoms. The Morgan fingerprint density at radius 1 is 1.19 bits per heavy atom. The molecule has 2 aromatic rings. The number of aryl methyl sites for hydroxylation is 1. The van der Waals surface area contributed by atoms with Gasteiger partial charge in [-0.05, 0) is 26.0 Å². The van der Waals surface area contributed by atoms with Gasteiger partial charge >= 0.3 is 0 Å². The second-order valence-electron chi connectivity index (χ2n) is 6.09. The lowest BCUT2D eigenvalue weighted by Crippen LogP contribution is -2.41. The van der Waals surface area contributed by atoms with Gasteiger partial charge in [-0.3, -0.25) is 9.48 Å². The van der Waals surface area contributed by atoms with Crippen LogP contribution < -0.4 is 5.32 Å². The van der Waals surface area contributed by atoms with E-state index < -0.39 is 10.0 Å². The van der Waals surface area contributed by atoms with E-state index in [4.69, 9.17) is 4.74 Å². The number of aromatic nitrogens is 2. The van der Waals surface area contributed by atoms with Gasteiger partial charge < -0.3 is 10.1 Å². The first kappa shape index (κ1) is 18.6. The van der Waals surface area contributed by atoms with Crippen LogP contribution in [0.5, 0.6) is 0 Å². The number of sulfonamides is 1. The van der Waals surface area contributed by atoms with Crippen LogP contribution in [0.2, 0.25) is 0 Å². The lowest BCUT2D eigenvalue weighted by atomic mass is 10.3. The highest BCUT2D eigenvalue weighted by Gasteiger charge is 2.32. The molecule has 26 heavy (non-hydrogen) atoms. The lowest BCUT2D eigenvalue weighted by Gasteiger charge is -2.26. The second kappa shape index (κ2) is 7.56. The van der Waals surface area contributed by atoms with Gasteiger partial charge in [-0.25, -0.2) is 8.42 Å². The molecule has 0 spiro atoms. The Morgan fingerprint density at radius 2 is 1.85 bits per heavy atom. The summed E-state index contributed by atoms with van der Waals surface area (Å²) in [5, 5.41) is 7.04. The Bertz CT molecular complexity index is 887. The van der Waals surface area contributed by atoms with Crippen molar-refractivity contribution in [1.29, 1.82) is 0 Å². The first-order valence-electron chi connectivity index (χ1n) is 8.36. The van der Waals surface area contributed by atoms with E-state index >= 15 is 0 Å². The summed E-state index contributed by atoms with van der Waals surface area (Å²) >= 11 is 0. The van der Waals surface area contributed by atoms with Crippen LogP contribution in [0.1, 0.15) is 11.4 Å². The van der Waals surface area contributed by atoms with Crippen LogP contribution in [0.25, 0.3) is 0 Å². The molecule has 0 unspecified atom stereocenters. The van der Waals surface area contributed by atoms with Crippen molar-refractivity contribution in [2.75, 3.05) is 31.6 Å². The molecule has 0 saturated carbocycles. The second-order valence-corrected chi connectivity index (χ2v) is 7.96. The third-order valence-electron chi connectivity index (χ3n) is 4.23. The van der Waals surface area contributed by atoms with E-state index in [0.717, 1.165) is 0 Å². The molecule has 1 saturated heterocycles. The number of morpholine rings is 1. The number of carbonyl (C=O) groups is 1. The van der Waals surface area contributed by atoms with E-state index in [1.807, 2.05) is 18.2 Å². The van der Waals surface area contributed by atoms with Crippen molar-refractivity contribution in [2.45, 2.75) is 25.3 Å². The van der Waals surface area contributed by atoms with Gasteiger partial charge in [-0.2, -0.15) is 9.40 Å². The van der Waals surface area contributed by atoms with Crippen molar-refractivity contribution in [3.05, 3.63) is 41.7 Å². The summed E-state index contributed by atoms with van der Waals surface area (Å²) in [6.07, 6.45) is 0. The molecule has 1 fully saturated rings. The SMILES string of the molecule is Cc1nn(CC(=O)Nc2ccccc2)c(C)c1S(=O)(=O)N1CCOCC1. The summed E-state index contributed by atoms with van der Waals surface area (Å²) in [4.78, 5) is 12.4. The van der Waals surface area contributed by atoms with Crippen LogP contribution in [0.4, 0.5) is 5.69 Å². The van der Waals surface area contributed by atoms with Crippen molar-refractivity contribution >= 4 is 21.6 Å². The number of benzene rings is 1. The van der Waals surface area contributed by atoms with Gasteiger partial charge in [0, 0.05) is 18.8 Å². The maximum atomic E-state index is 12.9. The maximum absolute atomic E-state index is 12.9. The molecule has 1 aromatic heterocycles. The largest absolute Gasteiger partial charge is 0.379 e. The molecule has 8 nitrogen and oxygen atoms in total. The van der Waals surface area contributed by atoms with E-state index in [9.17, 15) is 13.2 Å². The van der Waals surface area contributed by atoms with Gasteiger partial charge in [-0.1, -0.05) is 18.2 Å². The van der Waals surface area contributed by atoms with Crippen molar-refractivity contribution < 1.29 is 17.9 Å². The molecule has 1 N–H and O–H groups in total. The summed E-state index contributed by atoms with van der Waals surface area (Å²) in [5.41, 5.74) is 1.53. The molecule has 0 atom stereocenters. The number of nitrogens with one attached hydrogen (secondary N) is 1. The van der Waals surface area contributed by atoms with E-state index in [1.54, 1.807) is 26.0 Å². The first-order chi connectivity index (χ1) is 12.4. The number of rotatable bonds is 5. The fraction of sp³-hybridized carbons (Fsp3) is 0.412. The van der Waals surface area contributed by atoms with Gasteiger partial charge in [0.05, 0.1) is 24.6 Å². The molecule has 0 aliphatic carbocycles. The highest BCUT2D eigenvalue weighted by Crippen LogP contribution is 2.24. The fourth-order valence-corrected chi connectivity index (χ4v) is 4.76. The normalized spacial score (nSPS) is 15.8. The van der Waals surface area contributed by atoms with Crippen molar-refractivity contribution in [1.82, 2.24) is 14.1 Å². The smallest absolute Gasteiger partial charge is 0.246 e. The van der Waals surface area contributed by atoms with Gasteiger partial charge in [-0.15, -0.1) is 0 Å². The minimum Gasteiger partial charge on any atom is -0.379 e. The van der Waals surface area contributed by atoms with Crippen LogP contribution in [-0.2, 0) is 26.1 Å². The molecule has 1 aliphatic rings. The number of anilines is 1.